The van der Waals surface area contributed by atoms with Crippen LogP contribution in [0, 0.1) is 34.5 Å². The van der Waals surface area contributed by atoms with Crippen molar-refractivity contribution in [1.82, 2.24) is 13.9 Å². The fraction of sp³-hybridized carbons (Fsp3) is 0.590. The van der Waals surface area contributed by atoms with E-state index in [4.69, 9.17) is 14.3 Å². The van der Waals surface area contributed by atoms with Crippen LogP contribution in [0.2, 0.25) is 0 Å². The number of sulfonamides is 2. The number of alkyl carbamates (subject to hydrolysis) is 1. The zero-order chi connectivity index (χ0) is 41.3. The molecule has 0 bridgehead atoms. The number of hydrogen-bond acceptors (Lipinski definition) is 12. The summed E-state index contributed by atoms with van der Waals surface area (Å²) in [6.45, 7) is 17.3. The average molecular weight is 818 g/mol. The first kappa shape index (κ1) is 43.2. The topological polar surface area (TPSA) is 190 Å². The number of fused-ring (bicyclic) bond motifs is 2. The lowest BCUT2D eigenvalue weighted by molar-refractivity contribution is -0.157. The van der Waals surface area contributed by atoms with Crippen molar-refractivity contribution < 1.29 is 40.7 Å². The minimum atomic E-state index is -4.00. The molecule has 0 radical (unpaired) electrons. The lowest BCUT2D eigenvalue weighted by Crippen LogP contribution is -2.47. The van der Waals surface area contributed by atoms with Crippen LogP contribution >= 0.6 is 0 Å². The molecule has 5 rings (SSSR count). The van der Waals surface area contributed by atoms with Crippen molar-refractivity contribution in [2.24, 2.45) is 34.8 Å². The van der Waals surface area contributed by atoms with E-state index in [1.165, 1.54) is 45.0 Å². The van der Waals surface area contributed by atoms with Gasteiger partial charge in [-0.15, -0.1) is 4.91 Å². The molecule has 0 saturated carbocycles. The second-order valence-corrected chi connectivity index (χ2v) is 20.8. The quantitative estimate of drug-likeness (QED) is 0.0473. The first-order chi connectivity index (χ1) is 26.1. The Labute approximate surface area is 329 Å². The molecular weight excluding hydrogens is 763 g/mol. The van der Waals surface area contributed by atoms with Crippen molar-refractivity contribution >= 4 is 65.0 Å². The zero-order valence-electron chi connectivity index (χ0n) is 33.6. The fourth-order valence-electron chi connectivity index (χ4n) is 7.81. The van der Waals surface area contributed by atoms with Gasteiger partial charge < -0.3 is 14.8 Å². The van der Waals surface area contributed by atoms with Gasteiger partial charge in [-0.3, -0.25) is 5.48 Å². The molecule has 308 valence electrons. The first-order valence-electron chi connectivity index (χ1n) is 19.0. The normalized spacial score (nSPS) is 22.2. The molecule has 1 amide bonds. The molecule has 56 heavy (non-hydrogen) atoms. The zero-order valence-corrected chi connectivity index (χ0v) is 35.3. The number of benzene rings is 3. The molecule has 17 heteroatoms. The van der Waals surface area contributed by atoms with Crippen LogP contribution in [0.4, 0.5) is 16.2 Å². The van der Waals surface area contributed by atoms with Gasteiger partial charge >= 0.3 is 12.1 Å². The summed E-state index contributed by atoms with van der Waals surface area (Å²) in [4.78, 5) is 43.7. The van der Waals surface area contributed by atoms with Gasteiger partial charge in [0.05, 0.1) is 15.5 Å². The van der Waals surface area contributed by atoms with Gasteiger partial charge in [0, 0.05) is 47.7 Å². The number of nitroso groups, excluding NO2 is 1. The minimum Gasteiger partial charge on any atom is -0.444 e. The van der Waals surface area contributed by atoms with Gasteiger partial charge in [0.1, 0.15) is 17.3 Å². The van der Waals surface area contributed by atoms with Crippen molar-refractivity contribution in [3.63, 3.8) is 0 Å². The highest BCUT2D eigenvalue weighted by molar-refractivity contribution is 7.89. The highest BCUT2D eigenvalue weighted by Gasteiger charge is 2.35. The summed E-state index contributed by atoms with van der Waals surface area (Å²) in [6, 6.07) is 7.60. The molecule has 2 aliphatic heterocycles. The predicted molar refractivity (Wildman–Crippen MR) is 214 cm³/mol. The standard InChI is InChI=1S/C39H55N5O10S2/c1-23(2)34(40-38(46)54-39(7,8)9)37(45)52-22-53-42-36-32-16-28(55(48,49)43-18-24(3)14-25(4)19-43)10-12-30(32)35(41-47)31-13-11-29(17-33(31)36)56(50,51)44-20-26(5)15-27(6)21-44/h10-13,16-17,23-27,34,42H,14-15,18-22H2,1-9H3,(H,40,46)/t24-,25+,26-,27+,34?. The summed E-state index contributed by atoms with van der Waals surface area (Å²) in [5, 5.41) is 6.83. The second kappa shape index (κ2) is 16.9. The number of nitrogens with one attached hydrogen (secondary N) is 2. The summed E-state index contributed by atoms with van der Waals surface area (Å²) in [6.07, 6.45) is 0.998. The Morgan fingerprint density at radius 3 is 1.62 bits per heavy atom. The molecule has 3 aromatic rings. The number of ether oxygens (including phenoxy) is 2. The lowest BCUT2D eigenvalue weighted by Gasteiger charge is -2.34. The van der Waals surface area contributed by atoms with E-state index >= 15 is 0 Å². The summed E-state index contributed by atoms with van der Waals surface area (Å²) in [5.41, 5.74) is 2.08. The number of esters is 1. The van der Waals surface area contributed by atoms with Crippen LogP contribution in [0.5, 0.6) is 0 Å². The Hall–Kier alpha value is -3.90. The average Bonchev–Trinajstić information content (AvgIpc) is 3.09. The van der Waals surface area contributed by atoms with Crippen LogP contribution in [0.1, 0.15) is 75.2 Å². The molecule has 0 aromatic heterocycles. The number of hydrogen-bond donors (Lipinski definition) is 2. The van der Waals surface area contributed by atoms with E-state index in [2.05, 4.69) is 16.0 Å². The van der Waals surface area contributed by atoms with Crippen molar-refractivity contribution in [3.8, 4) is 0 Å². The van der Waals surface area contributed by atoms with E-state index in [1.807, 2.05) is 27.7 Å². The molecule has 2 saturated heterocycles. The van der Waals surface area contributed by atoms with Crippen LogP contribution < -0.4 is 10.8 Å². The SMILES string of the molecule is CC(C)C(NC(=O)OC(C)(C)C)C(=O)OCONc1c2cc(S(=O)(=O)N3C[C@H](C)C[C@H](C)C3)ccc2c(N=O)c2ccc(S(=O)(=O)N3C[C@H](C)C[C@H](C)C3)cc12. The van der Waals surface area contributed by atoms with Crippen molar-refractivity contribution in [2.75, 3.05) is 38.5 Å². The fourth-order valence-corrected chi connectivity index (χ4v) is 11.2. The van der Waals surface area contributed by atoms with Gasteiger partial charge in [-0.2, -0.15) is 8.61 Å². The summed E-state index contributed by atoms with van der Waals surface area (Å²) in [7, 11) is -8.00. The van der Waals surface area contributed by atoms with Gasteiger partial charge in [0.15, 0.2) is 0 Å². The van der Waals surface area contributed by atoms with E-state index in [1.54, 1.807) is 34.6 Å². The number of rotatable bonds is 12. The van der Waals surface area contributed by atoms with Crippen LogP contribution in [0.25, 0.3) is 21.5 Å². The third-order valence-electron chi connectivity index (χ3n) is 10.1. The Balaban J connectivity index is 1.57. The van der Waals surface area contributed by atoms with E-state index in [9.17, 15) is 31.3 Å². The van der Waals surface area contributed by atoms with Crippen LogP contribution in [-0.4, -0.2) is 82.1 Å². The monoisotopic (exact) mass is 817 g/mol. The Kier molecular flexibility index (Phi) is 13.1. The van der Waals surface area contributed by atoms with E-state index in [0.29, 0.717) is 26.2 Å². The van der Waals surface area contributed by atoms with Gasteiger partial charge in [-0.25, -0.2) is 31.3 Å². The van der Waals surface area contributed by atoms with Crippen LogP contribution in [-0.2, 0) is 39.2 Å². The number of carbonyl (C=O) groups excluding carboxylic acids is 2. The second-order valence-electron chi connectivity index (χ2n) is 17.0. The highest BCUT2D eigenvalue weighted by atomic mass is 32.2. The largest absolute Gasteiger partial charge is 0.444 e. The Bertz CT molecular complexity index is 2050. The van der Waals surface area contributed by atoms with Crippen molar-refractivity contribution in [1.29, 1.82) is 0 Å². The van der Waals surface area contributed by atoms with Gasteiger partial charge in [0.2, 0.25) is 26.8 Å². The summed E-state index contributed by atoms with van der Waals surface area (Å²) >= 11 is 0. The highest BCUT2D eigenvalue weighted by Crippen LogP contribution is 2.44. The molecule has 2 N–H and O–H groups in total. The molecule has 2 heterocycles. The number of anilines is 1. The van der Waals surface area contributed by atoms with Crippen molar-refractivity contribution in [2.45, 2.75) is 96.6 Å². The molecule has 15 nitrogen and oxygen atoms in total. The van der Waals surface area contributed by atoms with Gasteiger partial charge in [0.25, 0.3) is 0 Å². The maximum Gasteiger partial charge on any atom is 0.408 e. The molecule has 0 spiro atoms. The maximum absolute atomic E-state index is 14.1. The molecule has 0 aliphatic carbocycles. The predicted octanol–water partition coefficient (Wildman–Crippen LogP) is 7.12. The van der Waals surface area contributed by atoms with E-state index in [-0.39, 0.29) is 72.3 Å². The third kappa shape index (κ3) is 9.61. The Morgan fingerprint density at radius 2 is 1.23 bits per heavy atom. The van der Waals surface area contributed by atoms with Crippen LogP contribution in [0.15, 0.2) is 51.4 Å². The first-order valence-corrected chi connectivity index (χ1v) is 21.9. The Morgan fingerprint density at radius 1 is 0.786 bits per heavy atom. The maximum atomic E-state index is 14.1. The summed E-state index contributed by atoms with van der Waals surface area (Å²) in [5.74, 6) is -0.580. The van der Waals surface area contributed by atoms with E-state index in [0.717, 1.165) is 12.8 Å². The molecule has 3 aromatic carbocycles. The van der Waals surface area contributed by atoms with Crippen LogP contribution in [0.3, 0.4) is 0 Å². The molecular formula is C39H55N5O10S2. The number of amides is 1. The van der Waals surface area contributed by atoms with E-state index < -0.39 is 50.5 Å². The molecule has 2 fully saturated rings. The molecule has 2 aliphatic rings. The molecule has 5 atom stereocenters. The van der Waals surface area contributed by atoms with Gasteiger partial charge in [-0.1, -0.05) is 53.7 Å². The molecule has 1 unspecified atom stereocenters. The number of nitrogens with zero attached hydrogens (tertiary/aromatic N) is 3. The number of piperidine rings is 2. The summed E-state index contributed by atoms with van der Waals surface area (Å²) < 4.78 is 69.9. The van der Waals surface area contributed by atoms with Gasteiger partial charge in [-0.05, 0) is 92.6 Å². The third-order valence-corrected chi connectivity index (χ3v) is 13.8. The number of carbonyl (C=O) groups is 2. The minimum absolute atomic E-state index is 0.0201. The van der Waals surface area contributed by atoms with Crippen molar-refractivity contribution in [3.05, 3.63) is 41.3 Å². The lowest BCUT2D eigenvalue weighted by atomic mass is 9.94. The smallest absolute Gasteiger partial charge is 0.408 e.